The molecule has 0 aliphatic carbocycles. The van der Waals surface area contributed by atoms with Crippen molar-refractivity contribution in [2.45, 2.75) is 45.7 Å². The van der Waals surface area contributed by atoms with Gasteiger partial charge >= 0.3 is 0 Å². The number of rotatable bonds is 2. The van der Waals surface area contributed by atoms with Crippen LogP contribution < -0.4 is 5.32 Å². The van der Waals surface area contributed by atoms with E-state index in [9.17, 15) is 9.59 Å². The van der Waals surface area contributed by atoms with Gasteiger partial charge in [-0.1, -0.05) is 0 Å². The van der Waals surface area contributed by atoms with Crippen LogP contribution in [-0.4, -0.2) is 33.8 Å². The van der Waals surface area contributed by atoms with Crippen LogP contribution in [0, 0.1) is 6.92 Å². The third kappa shape index (κ3) is 2.78. The molecule has 19 heavy (non-hydrogen) atoms. The number of amides is 2. The van der Waals surface area contributed by atoms with Gasteiger partial charge in [-0.05, 0) is 27.7 Å². The van der Waals surface area contributed by atoms with Crippen molar-refractivity contribution >= 4 is 23.2 Å². The fourth-order valence-corrected chi connectivity index (χ4v) is 3.05. The maximum atomic E-state index is 12.5. The maximum Gasteiger partial charge on any atom is 0.248 e. The van der Waals surface area contributed by atoms with Crippen LogP contribution in [0.4, 0.5) is 0 Å². The van der Waals surface area contributed by atoms with Crippen molar-refractivity contribution in [1.29, 1.82) is 0 Å². The van der Waals surface area contributed by atoms with Gasteiger partial charge in [0.25, 0.3) is 0 Å². The van der Waals surface area contributed by atoms with Crippen molar-refractivity contribution in [2.24, 2.45) is 0 Å². The Balaban J connectivity index is 2.27. The normalized spacial score (nSPS) is 20.9. The van der Waals surface area contributed by atoms with Gasteiger partial charge in [0, 0.05) is 24.0 Å². The summed E-state index contributed by atoms with van der Waals surface area (Å²) in [5, 5.41) is 3.68. The number of hydrogen-bond donors (Lipinski definition) is 1. The van der Waals surface area contributed by atoms with Gasteiger partial charge in [-0.2, -0.15) is 0 Å². The molecule has 2 rings (SSSR count). The molecule has 0 bridgehead atoms. The number of aromatic nitrogens is 1. The Morgan fingerprint density at radius 1 is 1.47 bits per heavy atom. The minimum atomic E-state index is -0.853. The smallest absolute Gasteiger partial charge is 0.248 e. The first-order chi connectivity index (χ1) is 8.81. The zero-order valence-corrected chi connectivity index (χ0v) is 12.5. The maximum absolute atomic E-state index is 12.5. The minimum Gasteiger partial charge on any atom is -0.342 e. The van der Waals surface area contributed by atoms with Gasteiger partial charge in [0.15, 0.2) is 0 Å². The lowest BCUT2D eigenvalue weighted by atomic mass is 10.0. The molecule has 0 radical (unpaired) electrons. The molecule has 1 fully saturated rings. The predicted molar refractivity (Wildman–Crippen MR) is 73.8 cm³/mol. The first-order valence-corrected chi connectivity index (χ1v) is 7.17. The Kier molecular flexibility index (Phi) is 3.62. The van der Waals surface area contributed by atoms with Gasteiger partial charge < -0.3 is 10.2 Å². The number of hydrogen-bond acceptors (Lipinski definition) is 4. The third-order valence-electron chi connectivity index (χ3n) is 3.29. The van der Waals surface area contributed by atoms with Crippen LogP contribution >= 0.6 is 11.3 Å². The summed E-state index contributed by atoms with van der Waals surface area (Å²) in [7, 11) is 0. The van der Waals surface area contributed by atoms with Gasteiger partial charge in [-0.3, -0.25) is 9.59 Å². The Morgan fingerprint density at radius 2 is 2.16 bits per heavy atom. The Labute approximate surface area is 117 Å². The van der Waals surface area contributed by atoms with Crippen molar-refractivity contribution in [3.8, 4) is 0 Å². The molecule has 5 nitrogen and oxygen atoms in total. The van der Waals surface area contributed by atoms with Crippen LogP contribution in [0.2, 0.25) is 0 Å². The van der Waals surface area contributed by atoms with E-state index < -0.39 is 5.54 Å². The highest BCUT2D eigenvalue weighted by atomic mass is 32.1. The van der Waals surface area contributed by atoms with E-state index in [1.807, 2.05) is 20.0 Å². The number of carbonyl (C=O) groups is 2. The molecule has 2 heterocycles. The predicted octanol–water partition coefficient (Wildman–Crippen LogP) is 1.64. The fraction of sp³-hybridized carbons (Fsp3) is 0.615. The lowest BCUT2D eigenvalue weighted by molar-refractivity contribution is -0.139. The molecule has 1 saturated heterocycles. The second kappa shape index (κ2) is 4.92. The molecule has 1 unspecified atom stereocenters. The number of thiazole rings is 1. The van der Waals surface area contributed by atoms with Gasteiger partial charge in [0.2, 0.25) is 11.8 Å². The number of nitrogens with one attached hydrogen (secondary N) is 1. The molecule has 0 aromatic carbocycles. The van der Waals surface area contributed by atoms with Crippen molar-refractivity contribution in [1.82, 2.24) is 15.2 Å². The Bertz CT molecular complexity index is 510. The van der Waals surface area contributed by atoms with Gasteiger partial charge in [0.05, 0.1) is 6.04 Å². The van der Waals surface area contributed by atoms with Crippen molar-refractivity contribution < 1.29 is 9.59 Å². The standard InChI is InChI=1S/C13H19N3O2S/c1-8-7-14-11(19-8)9(2)16-6-5-10(17)15-13(3,4)12(16)18/h7,9H,5-6H2,1-4H3,(H,15,17). The van der Waals surface area contributed by atoms with Crippen molar-refractivity contribution in [3.05, 3.63) is 16.1 Å². The van der Waals surface area contributed by atoms with Gasteiger partial charge in [-0.15, -0.1) is 11.3 Å². The molecule has 104 valence electrons. The SMILES string of the molecule is Cc1cnc(C(C)N2CCC(=O)NC(C)(C)C2=O)s1. The average molecular weight is 281 g/mol. The van der Waals surface area contributed by atoms with Gasteiger partial charge in [-0.25, -0.2) is 4.98 Å². The molecule has 2 amide bonds. The number of nitrogens with zero attached hydrogens (tertiary/aromatic N) is 2. The summed E-state index contributed by atoms with van der Waals surface area (Å²) >= 11 is 1.59. The molecule has 1 atom stereocenters. The van der Waals surface area contributed by atoms with E-state index in [0.29, 0.717) is 13.0 Å². The Morgan fingerprint density at radius 3 is 2.74 bits per heavy atom. The van der Waals surface area contributed by atoms with Crippen molar-refractivity contribution in [3.63, 3.8) is 0 Å². The summed E-state index contributed by atoms with van der Waals surface area (Å²) in [6.07, 6.45) is 2.15. The molecular formula is C13H19N3O2S. The molecular weight excluding hydrogens is 262 g/mol. The molecule has 6 heteroatoms. The van der Waals surface area contributed by atoms with E-state index in [4.69, 9.17) is 0 Å². The summed E-state index contributed by atoms with van der Waals surface area (Å²) in [6.45, 7) is 7.87. The van der Waals surface area contributed by atoms with Gasteiger partial charge in [0.1, 0.15) is 10.5 Å². The zero-order valence-electron chi connectivity index (χ0n) is 11.7. The molecule has 1 aromatic rings. The Hall–Kier alpha value is -1.43. The molecule has 1 aliphatic rings. The molecule has 1 aromatic heterocycles. The van der Waals surface area contributed by atoms with E-state index >= 15 is 0 Å². The lowest BCUT2D eigenvalue weighted by Gasteiger charge is -2.32. The number of carbonyl (C=O) groups excluding carboxylic acids is 2. The largest absolute Gasteiger partial charge is 0.342 e. The summed E-state index contributed by atoms with van der Waals surface area (Å²) in [6, 6.07) is -0.0989. The summed E-state index contributed by atoms with van der Waals surface area (Å²) < 4.78 is 0. The molecule has 0 spiro atoms. The van der Waals surface area contributed by atoms with E-state index in [1.165, 1.54) is 0 Å². The fourth-order valence-electron chi connectivity index (χ4n) is 2.22. The second-order valence-electron chi connectivity index (χ2n) is 5.41. The first-order valence-electron chi connectivity index (χ1n) is 6.35. The van der Waals surface area contributed by atoms with Crippen LogP contribution in [0.1, 0.15) is 43.1 Å². The van der Waals surface area contributed by atoms with Crippen LogP contribution in [0.15, 0.2) is 6.20 Å². The lowest BCUT2D eigenvalue weighted by Crippen LogP contribution is -2.53. The highest BCUT2D eigenvalue weighted by Gasteiger charge is 2.39. The monoisotopic (exact) mass is 281 g/mol. The highest BCUT2D eigenvalue weighted by Crippen LogP contribution is 2.28. The van der Waals surface area contributed by atoms with Crippen LogP contribution in [-0.2, 0) is 9.59 Å². The summed E-state index contributed by atoms with van der Waals surface area (Å²) in [4.78, 5) is 31.4. The third-order valence-corrected chi connectivity index (χ3v) is 4.37. The average Bonchev–Trinajstić information content (AvgIpc) is 2.70. The topological polar surface area (TPSA) is 62.3 Å². The molecule has 0 saturated carbocycles. The second-order valence-corrected chi connectivity index (χ2v) is 6.67. The summed E-state index contributed by atoms with van der Waals surface area (Å²) in [5.74, 6) is -0.137. The van der Waals surface area contributed by atoms with E-state index in [1.54, 1.807) is 30.1 Å². The highest BCUT2D eigenvalue weighted by molar-refractivity contribution is 7.11. The van der Waals surface area contributed by atoms with E-state index in [-0.39, 0.29) is 17.9 Å². The zero-order chi connectivity index (χ0) is 14.2. The van der Waals surface area contributed by atoms with Crippen LogP contribution in [0.5, 0.6) is 0 Å². The van der Waals surface area contributed by atoms with Crippen LogP contribution in [0.3, 0.4) is 0 Å². The summed E-state index contributed by atoms with van der Waals surface area (Å²) in [5.41, 5.74) is -0.853. The van der Waals surface area contributed by atoms with Crippen molar-refractivity contribution in [2.75, 3.05) is 6.54 Å². The van der Waals surface area contributed by atoms with Crippen LogP contribution in [0.25, 0.3) is 0 Å². The van der Waals surface area contributed by atoms with E-state index in [0.717, 1.165) is 9.88 Å². The minimum absolute atomic E-state index is 0.0568. The molecule has 1 aliphatic heterocycles. The first kappa shape index (κ1) is 14.0. The quantitative estimate of drug-likeness (QED) is 0.896. The molecule has 1 N–H and O–H groups in total. The number of aryl methyl sites for hydroxylation is 1. The van der Waals surface area contributed by atoms with E-state index in [2.05, 4.69) is 10.3 Å².